The minimum absolute atomic E-state index is 0.0801. The van der Waals surface area contributed by atoms with Crippen LogP contribution >= 0.6 is 11.9 Å². The smallest absolute Gasteiger partial charge is 0.239 e. The van der Waals surface area contributed by atoms with Gasteiger partial charge in [0.15, 0.2) is 11.5 Å². The molecule has 1 aliphatic rings. The molecule has 1 heterocycles. The zero-order valence-corrected chi connectivity index (χ0v) is 25.5. The maximum absolute atomic E-state index is 13.4. The monoisotopic (exact) mass is 628 g/mol. The van der Waals surface area contributed by atoms with E-state index in [-0.39, 0.29) is 33.0 Å². The Morgan fingerprint density at radius 2 is 1.64 bits per heavy atom. The molecule has 236 valence electrons. The van der Waals surface area contributed by atoms with Crippen molar-refractivity contribution >= 4 is 23.8 Å². The molecule has 0 aromatic heterocycles. The summed E-state index contributed by atoms with van der Waals surface area (Å²) in [4.78, 5) is 26.1. The number of amides is 2. The molecular formula is C32H38F2N4O5S. The van der Waals surface area contributed by atoms with Crippen molar-refractivity contribution in [2.24, 2.45) is 5.92 Å². The number of hydrogen-bond donors (Lipinski definition) is 4. The quantitative estimate of drug-likeness (QED) is 0.178. The van der Waals surface area contributed by atoms with Crippen LogP contribution in [-0.2, 0) is 22.6 Å². The van der Waals surface area contributed by atoms with Gasteiger partial charge in [-0.2, -0.15) is 0 Å². The third-order valence-electron chi connectivity index (χ3n) is 6.63. The largest absolute Gasteiger partial charge is 0.454 e. The number of carbonyl (C=O) groups excluding carboxylic acids is 2. The van der Waals surface area contributed by atoms with Gasteiger partial charge in [0.2, 0.25) is 18.6 Å². The second-order valence-corrected chi connectivity index (χ2v) is 12.1. The highest BCUT2D eigenvalue weighted by Gasteiger charge is 2.26. The molecule has 4 rings (SSSR count). The lowest BCUT2D eigenvalue weighted by Crippen LogP contribution is -2.51. The number of rotatable bonds is 16. The van der Waals surface area contributed by atoms with Crippen LogP contribution in [0.1, 0.15) is 25.0 Å². The highest BCUT2D eigenvalue weighted by Crippen LogP contribution is 2.36. The SMILES string of the molecule is CC(C)CN(C[C@@H](O)[C@H](Cc1ccccc1)NC(=O)CNC(=O)CNCc1cc(F)cc(F)c1)Sc1ccc2c(c1)OCO2. The van der Waals surface area contributed by atoms with Crippen LogP contribution in [0.15, 0.2) is 71.6 Å². The average molecular weight is 629 g/mol. The number of fused-ring (bicyclic) bond motifs is 1. The molecule has 12 heteroatoms. The van der Waals surface area contributed by atoms with Crippen LogP contribution in [0, 0.1) is 17.6 Å². The van der Waals surface area contributed by atoms with Crippen LogP contribution in [0.2, 0.25) is 0 Å². The Labute approximate surface area is 260 Å². The molecular weight excluding hydrogens is 590 g/mol. The van der Waals surface area contributed by atoms with Crippen LogP contribution in [0.25, 0.3) is 0 Å². The first kappa shape index (κ1) is 33.2. The van der Waals surface area contributed by atoms with Crippen molar-refractivity contribution in [1.82, 2.24) is 20.3 Å². The zero-order chi connectivity index (χ0) is 31.5. The molecule has 0 bridgehead atoms. The Bertz CT molecular complexity index is 1380. The van der Waals surface area contributed by atoms with Gasteiger partial charge in [-0.15, -0.1) is 0 Å². The predicted molar refractivity (Wildman–Crippen MR) is 164 cm³/mol. The van der Waals surface area contributed by atoms with Crippen molar-refractivity contribution in [2.75, 3.05) is 33.0 Å². The number of halogens is 2. The highest BCUT2D eigenvalue weighted by molar-refractivity contribution is 7.97. The van der Waals surface area contributed by atoms with E-state index in [0.717, 1.165) is 16.5 Å². The first-order valence-electron chi connectivity index (χ1n) is 14.4. The summed E-state index contributed by atoms with van der Waals surface area (Å²) in [7, 11) is 0. The number of benzene rings is 3. The van der Waals surface area contributed by atoms with Crippen LogP contribution in [0.5, 0.6) is 11.5 Å². The van der Waals surface area contributed by atoms with Gasteiger partial charge in [0, 0.05) is 30.6 Å². The van der Waals surface area contributed by atoms with E-state index in [1.54, 1.807) is 0 Å². The summed E-state index contributed by atoms with van der Waals surface area (Å²) in [6, 6.07) is 17.7. The summed E-state index contributed by atoms with van der Waals surface area (Å²) in [6.07, 6.45) is -0.541. The molecule has 0 spiro atoms. The van der Waals surface area contributed by atoms with E-state index >= 15 is 0 Å². The minimum atomic E-state index is -0.927. The van der Waals surface area contributed by atoms with Gasteiger partial charge in [-0.25, -0.2) is 13.1 Å². The Balaban J connectivity index is 1.33. The number of nitrogens with one attached hydrogen (secondary N) is 3. The summed E-state index contributed by atoms with van der Waals surface area (Å²) in [5.74, 6) is -0.628. The number of ether oxygens (including phenoxy) is 2. The maximum Gasteiger partial charge on any atom is 0.239 e. The van der Waals surface area contributed by atoms with Crippen LogP contribution in [0.4, 0.5) is 8.78 Å². The molecule has 4 N–H and O–H groups in total. The molecule has 0 saturated carbocycles. The molecule has 1 aliphatic heterocycles. The van der Waals surface area contributed by atoms with E-state index in [1.165, 1.54) is 24.1 Å². The van der Waals surface area contributed by atoms with Crippen molar-refractivity contribution in [2.45, 2.75) is 43.9 Å². The van der Waals surface area contributed by atoms with E-state index in [1.807, 2.05) is 48.5 Å². The van der Waals surface area contributed by atoms with E-state index in [2.05, 4.69) is 34.1 Å². The Morgan fingerprint density at radius 3 is 2.36 bits per heavy atom. The van der Waals surface area contributed by atoms with Gasteiger partial charge in [-0.1, -0.05) is 44.2 Å². The number of aliphatic hydroxyl groups is 1. The molecule has 3 aromatic rings. The molecule has 0 unspecified atom stereocenters. The Hall–Kier alpha value is -3.71. The van der Waals surface area contributed by atoms with Gasteiger partial charge < -0.3 is 30.5 Å². The molecule has 0 radical (unpaired) electrons. The van der Waals surface area contributed by atoms with Crippen LogP contribution < -0.4 is 25.4 Å². The van der Waals surface area contributed by atoms with Gasteiger partial charge >= 0.3 is 0 Å². The molecule has 44 heavy (non-hydrogen) atoms. The molecule has 0 fully saturated rings. The zero-order valence-electron chi connectivity index (χ0n) is 24.7. The van der Waals surface area contributed by atoms with Crippen molar-refractivity contribution in [1.29, 1.82) is 0 Å². The van der Waals surface area contributed by atoms with Crippen molar-refractivity contribution < 1.29 is 33.0 Å². The first-order chi connectivity index (χ1) is 21.1. The van der Waals surface area contributed by atoms with Crippen molar-refractivity contribution in [3.63, 3.8) is 0 Å². The minimum Gasteiger partial charge on any atom is -0.454 e. The van der Waals surface area contributed by atoms with Crippen LogP contribution in [0.3, 0.4) is 0 Å². The second-order valence-electron chi connectivity index (χ2n) is 10.9. The average Bonchev–Trinajstić information content (AvgIpc) is 3.43. The molecule has 3 aromatic carbocycles. The van der Waals surface area contributed by atoms with Crippen molar-refractivity contribution in [3.8, 4) is 11.5 Å². The predicted octanol–water partition coefficient (Wildman–Crippen LogP) is 3.65. The van der Waals surface area contributed by atoms with Crippen LogP contribution in [-0.4, -0.2) is 66.3 Å². The van der Waals surface area contributed by atoms with Crippen molar-refractivity contribution in [3.05, 3.63) is 89.5 Å². The fourth-order valence-electron chi connectivity index (χ4n) is 4.66. The normalized spacial score (nSPS) is 13.6. The fourth-order valence-corrected chi connectivity index (χ4v) is 5.85. The summed E-state index contributed by atoms with van der Waals surface area (Å²) in [5.41, 5.74) is 1.30. The lowest BCUT2D eigenvalue weighted by atomic mass is 10.0. The number of hydrogen-bond acceptors (Lipinski definition) is 8. The number of aliphatic hydroxyl groups excluding tert-OH is 1. The lowest BCUT2D eigenvalue weighted by Gasteiger charge is -2.30. The van der Waals surface area contributed by atoms with E-state index in [0.29, 0.717) is 35.9 Å². The summed E-state index contributed by atoms with van der Waals surface area (Å²) < 4.78 is 39.7. The molecule has 9 nitrogen and oxygen atoms in total. The molecule has 2 amide bonds. The van der Waals surface area contributed by atoms with Gasteiger partial charge in [0.05, 0.1) is 25.2 Å². The molecule has 0 saturated heterocycles. The fraction of sp³-hybridized carbons (Fsp3) is 0.375. The Kier molecular flexibility index (Phi) is 12.4. The van der Waals surface area contributed by atoms with E-state index in [4.69, 9.17) is 9.47 Å². The molecule has 2 atom stereocenters. The van der Waals surface area contributed by atoms with Gasteiger partial charge in [0.25, 0.3) is 0 Å². The standard InChI is InChI=1S/C32H38F2N4O5S/c1-21(2)18-38(44-26-8-9-29-30(14-26)43-20-42-29)19-28(39)27(12-22-6-4-3-5-7-22)37-32(41)17-36-31(40)16-35-15-23-10-24(33)13-25(34)11-23/h3-11,13-14,21,27-28,35,39H,12,15-20H2,1-2H3,(H,36,40)(H,37,41)/t27-,28+/m0/s1. The topological polar surface area (TPSA) is 112 Å². The molecule has 0 aliphatic carbocycles. The Morgan fingerprint density at radius 1 is 0.909 bits per heavy atom. The lowest BCUT2D eigenvalue weighted by molar-refractivity contribution is -0.126. The third kappa shape index (κ3) is 10.8. The van der Waals surface area contributed by atoms with E-state index in [9.17, 15) is 23.5 Å². The number of nitrogens with zero attached hydrogens (tertiary/aromatic N) is 1. The first-order valence-corrected chi connectivity index (χ1v) is 15.2. The van der Waals surface area contributed by atoms with Gasteiger partial charge in [0.1, 0.15) is 11.6 Å². The van der Waals surface area contributed by atoms with Gasteiger partial charge in [-0.3, -0.25) is 9.59 Å². The van der Waals surface area contributed by atoms with E-state index < -0.39 is 35.6 Å². The highest BCUT2D eigenvalue weighted by atomic mass is 32.2. The second kappa shape index (κ2) is 16.4. The summed E-state index contributed by atoms with van der Waals surface area (Å²) in [5, 5.41) is 19.6. The third-order valence-corrected chi connectivity index (χ3v) is 7.65. The van der Waals surface area contributed by atoms with Gasteiger partial charge in [-0.05, 0) is 65.7 Å². The summed E-state index contributed by atoms with van der Waals surface area (Å²) >= 11 is 1.50. The summed E-state index contributed by atoms with van der Waals surface area (Å²) in [6.45, 7) is 4.97. The number of carbonyl (C=O) groups is 2. The maximum atomic E-state index is 13.4.